The minimum Gasteiger partial charge on any atom is -0.305 e. The topological polar surface area (TPSA) is 63.2 Å². The molecule has 0 unspecified atom stereocenters. The number of hydrogen-bond donors (Lipinski definition) is 1. The summed E-state index contributed by atoms with van der Waals surface area (Å²) >= 11 is 0. The van der Waals surface area contributed by atoms with Crippen molar-refractivity contribution in [2.75, 3.05) is 12.3 Å². The number of rotatable bonds is 9. The first-order chi connectivity index (χ1) is 14.7. The van der Waals surface area contributed by atoms with Crippen molar-refractivity contribution in [1.82, 2.24) is 5.32 Å². The van der Waals surface area contributed by atoms with Gasteiger partial charge in [-0.25, -0.2) is 8.42 Å². The Hall–Kier alpha value is -2.40. The number of sulfone groups is 1. The molecule has 0 aliphatic rings. The van der Waals surface area contributed by atoms with Crippen molar-refractivity contribution in [3.63, 3.8) is 0 Å². The molecule has 2 rings (SSSR count). The molecule has 0 aliphatic heterocycles. The molecule has 0 atom stereocenters. The first-order valence-electron chi connectivity index (χ1n) is 9.51. The Morgan fingerprint density at radius 1 is 0.939 bits per heavy atom. The molecule has 0 saturated carbocycles. The fourth-order valence-corrected chi connectivity index (χ4v) is 4.17. The second-order valence-corrected chi connectivity index (χ2v) is 9.40. The van der Waals surface area contributed by atoms with Crippen LogP contribution >= 0.6 is 0 Å². The van der Waals surface area contributed by atoms with Gasteiger partial charge in [0.2, 0.25) is 0 Å². The molecule has 2 aromatic carbocycles. The fraction of sp³-hybridized carbons (Fsp3) is 0.409. The number of hydrogen-bond acceptors (Lipinski definition) is 4. The van der Waals surface area contributed by atoms with Gasteiger partial charge in [0.1, 0.15) is 5.78 Å². The van der Waals surface area contributed by atoms with Gasteiger partial charge in [-0.2, -0.15) is 26.3 Å². The third-order valence-corrected chi connectivity index (χ3v) is 6.37. The lowest BCUT2D eigenvalue weighted by atomic mass is 10.00. The summed E-state index contributed by atoms with van der Waals surface area (Å²) < 4.78 is 100. The molecule has 4 nitrogen and oxygen atoms in total. The van der Waals surface area contributed by atoms with E-state index in [1.54, 1.807) is 0 Å². The van der Waals surface area contributed by atoms with Gasteiger partial charge in [-0.3, -0.25) is 4.79 Å². The van der Waals surface area contributed by atoms with E-state index in [0.29, 0.717) is 5.56 Å². The Morgan fingerprint density at radius 2 is 1.61 bits per heavy atom. The van der Waals surface area contributed by atoms with Crippen molar-refractivity contribution < 1.29 is 39.6 Å². The van der Waals surface area contributed by atoms with Crippen molar-refractivity contribution in [3.8, 4) is 0 Å². The monoisotopic (exact) mass is 497 g/mol. The van der Waals surface area contributed by atoms with Gasteiger partial charge in [0, 0.05) is 19.4 Å². The maximum Gasteiger partial charge on any atom is 0.416 e. The van der Waals surface area contributed by atoms with Crippen LogP contribution in [0.15, 0.2) is 47.4 Å². The second kappa shape index (κ2) is 11.1. The fourth-order valence-electron chi connectivity index (χ4n) is 3.05. The van der Waals surface area contributed by atoms with Gasteiger partial charge in [-0.15, -0.1) is 0 Å². The lowest BCUT2D eigenvalue weighted by Crippen LogP contribution is -2.28. The smallest absolute Gasteiger partial charge is 0.305 e. The van der Waals surface area contributed by atoms with Crippen molar-refractivity contribution in [2.45, 2.75) is 51.0 Å². The van der Waals surface area contributed by atoms with Crippen LogP contribution in [0, 0.1) is 0 Å². The van der Waals surface area contributed by atoms with E-state index in [2.05, 4.69) is 5.32 Å². The standard InChI is InChI=1S/C21H21F6NO3S.CH4/c1-2-32(30,31)19-7-6-15(12-28-13-20(22,23)24)8-16(19)11-18(29)10-14-4-3-5-17(9-14)21(25,26)27;/h3-9,28H,2,10-13H2,1H3;1H4. The molecule has 0 heterocycles. The molecule has 0 saturated heterocycles. The Morgan fingerprint density at radius 3 is 2.18 bits per heavy atom. The van der Waals surface area contributed by atoms with Crippen molar-refractivity contribution in [1.29, 1.82) is 0 Å². The molecule has 0 fully saturated rings. The quantitative estimate of drug-likeness (QED) is 0.488. The summed E-state index contributed by atoms with van der Waals surface area (Å²) in [4.78, 5) is 12.4. The SMILES string of the molecule is C.CCS(=O)(=O)c1ccc(CNCC(F)(F)F)cc1CC(=O)Cc1cccc(C(F)(F)F)c1. The van der Waals surface area contributed by atoms with Gasteiger partial charge in [0.25, 0.3) is 0 Å². The third-order valence-electron chi connectivity index (χ3n) is 4.54. The van der Waals surface area contributed by atoms with E-state index in [9.17, 15) is 39.6 Å². The largest absolute Gasteiger partial charge is 0.416 e. The van der Waals surface area contributed by atoms with E-state index in [-0.39, 0.29) is 42.2 Å². The van der Waals surface area contributed by atoms with E-state index < -0.39 is 46.5 Å². The number of Topliss-reactive ketones (excluding diaryl/α,β-unsaturated/α-hetero) is 1. The molecular weight excluding hydrogens is 472 g/mol. The van der Waals surface area contributed by atoms with Gasteiger partial charge in [-0.05, 0) is 28.8 Å². The van der Waals surface area contributed by atoms with Crippen LogP contribution in [-0.2, 0) is 40.2 Å². The molecule has 0 aromatic heterocycles. The van der Waals surface area contributed by atoms with E-state index >= 15 is 0 Å². The number of alkyl halides is 6. The molecule has 0 bridgehead atoms. The van der Waals surface area contributed by atoms with Gasteiger partial charge >= 0.3 is 12.4 Å². The van der Waals surface area contributed by atoms with Crippen LogP contribution in [0.5, 0.6) is 0 Å². The van der Waals surface area contributed by atoms with Crippen LogP contribution in [0.2, 0.25) is 0 Å². The van der Waals surface area contributed by atoms with Gasteiger partial charge in [0.05, 0.1) is 22.8 Å². The summed E-state index contributed by atoms with van der Waals surface area (Å²) in [6.07, 6.45) is -9.74. The van der Waals surface area contributed by atoms with Gasteiger partial charge in [0.15, 0.2) is 9.84 Å². The minimum atomic E-state index is -4.57. The maximum absolute atomic E-state index is 12.9. The van der Waals surface area contributed by atoms with E-state index in [0.717, 1.165) is 12.1 Å². The summed E-state index contributed by atoms with van der Waals surface area (Å²) in [5, 5.41) is 2.19. The Balaban J connectivity index is 0.00000544. The highest BCUT2D eigenvalue weighted by molar-refractivity contribution is 7.91. The van der Waals surface area contributed by atoms with Crippen molar-refractivity contribution in [2.24, 2.45) is 0 Å². The molecule has 33 heavy (non-hydrogen) atoms. The summed E-state index contributed by atoms with van der Waals surface area (Å²) in [6, 6.07) is 8.16. The number of halogens is 6. The van der Waals surface area contributed by atoms with E-state index in [1.165, 1.54) is 37.3 Å². The highest BCUT2D eigenvalue weighted by Gasteiger charge is 2.30. The van der Waals surface area contributed by atoms with Gasteiger partial charge < -0.3 is 5.32 Å². The first-order valence-corrected chi connectivity index (χ1v) is 11.2. The van der Waals surface area contributed by atoms with Crippen LogP contribution in [0.3, 0.4) is 0 Å². The van der Waals surface area contributed by atoms with Gasteiger partial charge in [-0.1, -0.05) is 44.7 Å². The lowest BCUT2D eigenvalue weighted by molar-refractivity contribution is -0.137. The van der Waals surface area contributed by atoms with E-state index in [4.69, 9.17) is 0 Å². The first kappa shape index (κ1) is 28.6. The molecule has 0 radical (unpaired) electrons. The summed E-state index contributed by atoms with van der Waals surface area (Å²) in [5.74, 6) is -0.787. The Labute approximate surface area is 188 Å². The molecule has 184 valence electrons. The lowest BCUT2D eigenvalue weighted by Gasteiger charge is -2.13. The second-order valence-electron chi connectivity index (χ2n) is 7.15. The Kier molecular flexibility index (Phi) is 9.67. The average Bonchev–Trinajstić information content (AvgIpc) is 2.66. The number of benzene rings is 2. The predicted molar refractivity (Wildman–Crippen MR) is 113 cm³/mol. The molecule has 1 N–H and O–H groups in total. The van der Waals surface area contributed by atoms with E-state index in [1.807, 2.05) is 0 Å². The molecule has 0 amide bonds. The zero-order chi connectivity index (χ0) is 24.2. The summed E-state index contributed by atoms with van der Waals surface area (Å²) in [7, 11) is -3.74. The van der Waals surface area contributed by atoms with Crippen molar-refractivity contribution in [3.05, 3.63) is 64.7 Å². The number of carbonyl (C=O) groups is 1. The summed E-state index contributed by atoms with van der Waals surface area (Å²) in [5.41, 5.74) is -0.358. The molecule has 2 aromatic rings. The molecule has 0 spiro atoms. The molecule has 0 aliphatic carbocycles. The third kappa shape index (κ3) is 8.81. The van der Waals surface area contributed by atoms with Crippen molar-refractivity contribution >= 4 is 15.6 Å². The van der Waals surface area contributed by atoms with Crippen LogP contribution in [0.25, 0.3) is 0 Å². The number of carbonyl (C=O) groups excluding carboxylic acids is 1. The highest BCUT2D eigenvalue weighted by atomic mass is 32.2. The summed E-state index contributed by atoms with van der Waals surface area (Å²) in [6.45, 7) is -0.0467. The van der Waals surface area contributed by atoms with Crippen LogP contribution in [0.4, 0.5) is 26.3 Å². The molecular formula is C22H25F6NO3S. The highest BCUT2D eigenvalue weighted by Crippen LogP contribution is 2.30. The Bertz CT molecular complexity index is 1060. The van der Waals surface area contributed by atoms with Crippen LogP contribution in [0.1, 0.15) is 36.6 Å². The molecule has 11 heteroatoms. The van der Waals surface area contributed by atoms with Crippen LogP contribution < -0.4 is 5.32 Å². The predicted octanol–water partition coefficient (Wildman–Crippen LogP) is 5.14. The average molecular weight is 498 g/mol. The maximum atomic E-state index is 12.9. The minimum absolute atomic E-state index is 0. The zero-order valence-corrected chi connectivity index (χ0v) is 17.8. The number of ketones is 1. The zero-order valence-electron chi connectivity index (χ0n) is 17.0. The normalized spacial score (nSPS) is 12.3. The van der Waals surface area contributed by atoms with Crippen LogP contribution in [-0.4, -0.2) is 32.7 Å². The number of nitrogens with one attached hydrogen (secondary N) is 1.